The molecule has 1 atom stereocenters. The first-order valence-electron chi connectivity index (χ1n) is 8.35. The second-order valence-corrected chi connectivity index (χ2v) is 6.50. The highest BCUT2D eigenvalue weighted by molar-refractivity contribution is 5.40. The highest BCUT2D eigenvalue weighted by Crippen LogP contribution is 2.38. The Morgan fingerprint density at radius 3 is 2.87 bits per heavy atom. The first-order chi connectivity index (χ1) is 11.2. The molecule has 1 aliphatic carbocycles. The van der Waals surface area contributed by atoms with Crippen LogP contribution < -0.4 is 10.5 Å². The topological polar surface area (TPSA) is 63.9 Å². The van der Waals surface area contributed by atoms with Crippen molar-refractivity contribution in [3.05, 3.63) is 46.3 Å². The van der Waals surface area contributed by atoms with Crippen LogP contribution in [0.15, 0.2) is 29.2 Å². The summed E-state index contributed by atoms with van der Waals surface area (Å²) >= 11 is 0. The smallest absolute Gasteiger partial charge is 0.266 e. The van der Waals surface area contributed by atoms with Gasteiger partial charge in [0, 0.05) is 24.7 Å². The van der Waals surface area contributed by atoms with E-state index in [9.17, 15) is 4.79 Å². The van der Waals surface area contributed by atoms with E-state index in [1.54, 1.807) is 16.9 Å². The summed E-state index contributed by atoms with van der Waals surface area (Å²) in [7, 11) is 0. The van der Waals surface area contributed by atoms with Crippen LogP contribution in [0, 0.1) is 6.92 Å². The van der Waals surface area contributed by atoms with Crippen molar-refractivity contribution in [1.82, 2.24) is 19.7 Å². The molecule has 4 rings (SSSR count). The van der Waals surface area contributed by atoms with E-state index < -0.39 is 0 Å². The van der Waals surface area contributed by atoms with Gasteiger partial charge >= 0.3 is 0 Å². The number of hydrogen-bond acceptors (Lipinski definition) is 5. The maximum absolute atomic E-state index is 12.2. The van der Waals surface area contributed by atoms with Crippen LogP contribution in [0.25, 0.3) is 0 Å². The number of rotatable bonds is 4. The fourth-order valence-electron chi connectivity index (χ4n) is 3.32. The van der Waals surface area contributed by atoms with Crippen molar-refractivity contribution in [2.75, 3.05) is 11.4 Å². The van der Waals surface area contributed by atoms with Gasteiger partial charge in [-0.1, -0.05) is 0 Å². The third-order valence-electron chi connectivity index (χ3n) is 4.70. The van der Waals surface area contributed by atoms with Gasteiger partial charge < -0.3 is 4.90 Å². The van der Waals surface area contributed by atoms with E-state index in [1.165, 1.54) is 12.8 Å². The number of anilines is 1. The molecule has 1 unspecified atom stereocenters. The predicted octanol–water partition coefficient (Wildman–Crippen LogP) is 1.89. The van der Waals surface area contributed by atoms with E-state index in [-0.39, 0.29) is 11.6 Å². The molecule has 2 fully saturated rings. The highest BCUT2D eigenvalue weighted by atomic mass is 16.1. The maximum atomic E-state index is 12.2. The quantitative estimate of drug-likeness (QED) is 0.863. The molecule has 0 bridgehead atoms. The molecule has 0 N–H and O–H groups in total. The lowest BCUT2D eigenvalue weighted by Gasteiger charge is -2.26. The van der Waals surface area contributed by atoms with Crippen molar-refractivity contribution in [2.45, 2.75) is 51.1 Å². The lowest BCUT2D eigenvalue weighted by molar-refractivity contribution is 0.480. The Morgan fingerprint density at radius 1 is 1.22 bits per heavy atom. The highest BCUT2D eigenvalue weighted by Gasteiger charge is 2.28. The van der Waals surface area contributed by atoms with Crippen LogP contribution >= 0.6 is 0 Å². The zero-order chi connectivity index (χ0) is 15.8. The van der Waals surface area contributed by atoms with Gasteiger partial charge in [-0.15, -0.1) is 0 Å². The van der Waals surface area contributed by atoms with Gasteiger partial charge in [0.2, 0.25) is 0 Å². The molecule has 2 aromatic heterocycles. The Labute approximate surface area is 135 Å². The van der Waals surface area contributed by atoms with Gasteiger partial charge in [-0.3, -0.25) is 4.79 Å². The summed E-state index contributed by atoms with van der Waals surface area (Å²) in [5.74, 6) is 2.29. The molecule has 1 saturated heterocycles. The zero-order valence-electron chi connectivity index (χ0n) is 13.4. The van der Waals surface area contributed by atoms with Gasteiger partial charge in [0.25, 0.3) is 5.56 Å². The van der Waals surface area contributed by atoms with Crippen molar-refractivity contribution in [2.24, 2.45) is 0 Å². The normalized spacial score (nSPS) is 20.9. The molecule has 2 aromatic rings. The fraction of sp³-hybridized carbons (Fsp3) is 0.529. The Hall–Kier alpha value is -2.24. The Morgan fingerprint density at radius 2 is 2.09 bits per heavy atom. The molecule has 0 radical (unpaired) electrons. The van der Waals surface area contributed by atoms with Crippen LogP contribution in [0.5, 0.6) is 0 Å². The summed E-state index contributed by atoms with van der Waals surface area (Å²) in [4.78, 5) is 23.1. The minimum atomic E-state index is -0.0138. The molecule has 23 heavy (non-hydrogen) atoms. The van der Waals surface area contributed by atoms with E-state index in [0.717, 1.165) is 36.7 Å². The van der Waals surface area contributed by atoms with Crippen molar-refractivity contribution in [3.8, 4) is 0 Å². The van der Waals surface area contributed by atoms with Gasteiger partial charge in [0.05, 0.1) is 18.3 Å². The maximum Gasteiger partial charge on any atom is 0.266 e. The van der Waals surface area contributed by atoms with Crippen molar-refractivity contribution in [1.29, 1.82) is 0 Å². The molecular weight excluding hydrogens is 290 g/mol. The molecule has 1 saturated carbocycles. The van der Waals surface area contributed by atoms with Crippen molar-refractivity contribution < 1.29 is 0 Å². The second kappa shape index (κ2) is 5.76. The largest absolute Gasteiger partial charge is 0.352 e. The Kier molecular flexibility index (Phi) is 3.59. The Balaban J connectivity index is 1.58. The van der Waals surface area contributed by atoms with E-state index >= 15 is 0 Å². The van der Waals surface area contributed by atoms with Crippen LogP contribution in [0.3, 0.4) is 0 Å². The number of nitrogens with zero attached hydrogens (tertiary/aromatic N) is 5. The molecular formula is C17H21N5O. The van der Waals surface area contributed by atoms with Crippen LogP contribution in [-0.4, -0.2) is 32.3 Å². The summed E-state index contributed by atoms with van der Waals surface area (Å²) in [5.41, 5.74) is 1.05. The molecule has 0 spiro atoms. The third-order valence-corrected chi connectivity index (χ3v) is 4.70. The van der Waals surface area contributed by atoms with E-state index in [2.05, 4.69) is 20.0 Å². The molecule has 0 amide bonds. The third kappa shape index (κ3) is 2.98. The average molecular weight is 311 g/mol. The lowest BCUT2D eigenvalue weighted by atomic mass is 10.2. The van der Waals surface area contributed by atoms with E-state index in [4.69, 9.17) is 0 Å². The summed E-state index contributed by atoms with van der Waals surface area (Å²) in [6.45, 7) is 3.50. The SMILES string of the molecule is Cc1nccc(N2CCCC2Cn2nc(C3CC3)ccc2=O)n1. The van der Waals surface area contributed by atoms with Crippen molar-refractivity contribution in [3.63, 3.8) is 0 Å². The van der Waals surface area contributed by atoms with Crippen LogP contribution in [0.1, 0.15) is 43.1 Å². The van der Waals surface area contributed by atoms with Crippen LogP contribution in [0.4, 0.5) is 5.82 Å². The average Bonchev–Trinajstić information content (AvgIpc) is 3.29. The Bertz CT molecular complexity index is 768. The minimum Gasteiger partial charge on any atom is -0.352 e. The monoisotopic (exact) mass is 311 g/mol. The van der Waals surface area contributed by atoms with Gasteiger partial charge in [-0.2, -0.15) is 5.10 Å². The standard InChI is InChI=1S/C17H21N5O/c1-12-18-9-8-16(19-12)21-10-2-3-14(21)11-22-17(23)7-6-15(20-22)13-4-5-13/h6-9,13-14H,2-5,10-11H2,1H3. The predicted molar refractivity (Wildman–Crippen MR) is 87.6 cm³/mol. The first-order valence-corrected chi connectivity index (χ1v) is 8.35. The van der Waals surface area contributed by atoms with Crippen LogP contribution in [0.2, 0.25) is 0 Å². The number of aryl methyl sites for hydroxylation is 1. The summed E-state index contributed by atoms with van der Waals surface area (Å²) in [6, 6.07) is 5.76. The molecule has 120 valence electrons. The fourth-order valence-corrected chi connectivity index (χ4v) is 3.32. The second-order valence-electron chi connectivity index (χ2n) is 6.50. The molecule has 0 aromatic carbocycles. The molecule has 2 aliphatic rings. The van der Waals surface area contributed by atoms with Gasteiger partial charge in [-0.05, 0) is 44.7 Å². The van der Waals surface area contributed by atoms with Crippen molar-refractivity contribution >= 4 is 5.82 Å². The summed E-state index contributed by atoms with van der Waals surface area (Å²) in [6.07, 6.45) is 6.36. The van der Waals surface area contributed by atoms with Crippen LogP contribution in [-0.2, 0) is 6.54 Å². The van der Waals surface area contributed by atoms with E-state index in [0.29, 0.717) is 12.5 Å². The summed E-state index contributed by atoms with van der Waals surface area (Å²) < 4.78 is 1.64. The lowest BCUT2D eigenvalue weighted by Crippen LogP contribution is -2.37. The van der Waals surface area contributed by atoms with Gasteiger partial charge in [-0.25, -0.2) is 14.6 Å². The van der Waals surface area contributed by atoms with Gasteiger partial charge in [0.1, 0.15) is 11.6 Å². The first kappa shape index (κ1) is 14.4. The molecule has 6 nitrogen and oxygen atoms in total. The molecule has 6 heteroatoms. The molecule has 1 aliphatic heterocycles. The van der Waals surface area contributed by atoms with E-state index in [1.807, 2.05) is 19.1 Å². The number of aromatic nitrogens is 4. The zero-order valence-corrected chi connectivity index (χ0v) is 13.4. The van der Waals surface area contributed by atoms with Gasteiger partial charge in [0.15, 0.2) is 0 Å². The summed E-state index contributed by atoms with van der Waals surface area (Å²) in [5, 5.41) is 4.59. The minimum absolute atomic E-state index is 0.0138. The number of hydrogen-bond donors (Lipinski definition) is 0. The molecule has 3 heterocycles.